The summed E-state index contributed by atoms with van der Waals surface area (Å²) in [5, 5.41) is 0. The van der Waals surface area contributed by atoms with Crippen molar-refractivity contribution in [1.82, 2.24) is 24.3 Å². The Labute approximate surface area is 207 Å². The molecule has 3 aliphatic rings. The number of nitrogens with zero attached hydrogens (tertiary/aromatic N) is 6. The Morgan fingerprint density at radius 1 is 0.971 bits per heavy atom. The van der Waals surface area contributed by atoms with E-state index >= 15 is 0 Å². The van der Waals surface area contributed by atoms with E-state index in [1.807, 2.05) is 6.20 Å². The molecule has 0 bridgehead atoms. The van der Waals surface area contributed by atoms with Crippen molar-refractivity contribution in [2.24, 2.45) is 0 Å². The molecular formula is C27H34N6O2. The Balaban J connectivity index is 1.16. The zero-order chi connectivity index (χ0) is 23.8. The Kier molecular flexibility index (Phi) is 6.18. The van der Waals surface area contributed by atoms with E-state index in [2.05, 4.69) is 69.6 Å². The summed E-state index contributed by atoms with van der Waals surface area (Å²) < 4.78 is 13.7. The van der Waals surface area contributed by atoms with Gasteiger partial charge < -0.3 is 14.4 Å². The molecule has 0 saturated carbocycles. The van der Waals surface area contributed by atoms with Gasteiger partial charge in [0.05, 0.1) is 42.2 Å². The van der Waals surface area contributed by atoms with Crippen LogP contribution in [0.25, 0.3) is 16.9 Å². The smallest absolute Gasteiger partial charge is 0.151 e. The van der Waals surface area contributed by atoms with Crippen LogP contribution in [0.2, 0.25) is 0 Å². The lowest BCUT2D eigenvalue weighted by Gasteiger charge is -2.38. The molecule has 0 unspecified atom stereocenters. The number of imidazole rings is 1. The van der Waals surface area contributed by atoms with Crippen molar-refractivity contribution in [2.45, 2.75) is 33.0 Å². The number of piperazine rings is 1. The number of fused-ring (bicyclic) bond motifs is 3. The number of pyridine rings is 1. The van der Waals surface area contributed by atoms with E-state index < -0.39 is 0 Å². The molecule has 2 aromatic heterocycles. The molecule has 0 amide bonds. The topological polar surface area (TPSA) is 58.9 Å². The Morgan fingerprint density at radius 3 is 2.54 bits per heavy atom. The number of hydrogen-bond donors (Lipinski definition) is 0. The van der Waals surface area contributed by atoms with Crippen LogP contribution in [0.5, 0.6) is 5.75 Å². The van der Waals surface area contributed by atoms with Crippen molar-refractivity contribution < 1.29 is 9.47 Å². The van der Waals surface area contributed by atoms with E-state index in [9.17, 15) is 0 Å². The summed E-state index contributed by atoms with van der Waals surface area (Å²) in [6, 6.07) is 11.3. The highest BCUT2D eigenvalue weighted by atomic mass is 16.5. The summed E-state index contributed by atoms with van der Waals surface area (Å²) in [5.74, 6) is 1.83. The minimum Gasteiger partial charge on any atom is -0.483 e. The van der Waals surface area contributed by atoms with Crippen molar-refractivity contribution in [3.05, 3.63) is 54.2 Å². The van der Waals surface area contributed by atoms with Gasteiger partial charge in [0, 0.05) is 63.6 Å². The van der Waals surface area contributed by atoms with Gasteiger partial charge in [-0.2, -0.15) is 0 Å². The first-order valence-electron chi connectivity index (χ1n) is 12.7. The van der Waals surface area contributed by atoms with Gasteiger partial charge in [-0.25, -0.2) is 4.98 Å². The fraction of sp³-hybridized carbons (Fsp3) is 0.481. The molecule has 35 heavy (non-hydrogen) atoms. The molecular weight excluding hydrogens is 440 g/mol. The lowest BCUT2D eigenvalue weighted by Crippen LogP contribution is -2.48. The largest absolute Gasteiger partial charge is 0.483 e. The molecule has 6 rings (SSSR count). The second kappa shape index (κ2) is 9.60. The van der Waals surface area contributed by atoms with Gasteiger partial charge in [0.1, 0.15) is 12.4 Å². The predicted molar refractivity (Wildman–Crippen MR) is 136 cm³/mol. The third kappa shape index (κ3) is 4.66. The molecule has 0 atom stereocenters. The van der Waals surface area contributed by atoms with Crippen LogP contribution in [0.1, 0.15) is 25.4 Å². The average molecular weight is 475 g/mol. The highest BCUT2D eigenvalue weighted by molar-refractivity contribution is 5.67. The summed E-state index contributed by atoms with van der Waals surface area (Å²) in [7, 11) is 0. The van der Waals surface area contributed by atoms with Gasteiger partial charge in [-0.3, -0.25) is 19.4 Å². The van der Waals surface area contributed by atoms with Crippen molar-refractivity contribution in [2.75, 3.05) is 57.4 Å². The predicted octanol–water partition coefficient (Wildman–Crippen LogP) is 3.19. The van der Waals surface area contributed by atoms with Gasteiger partial charge in [-0.1, -0.05) is 6.07 Å². The Morgan fingerprint density at radius 2 is 1.80 bits per heavy atom. The van der Waals surface area contributed by atoms with Crippen LogP contribution < -0.4 is 9.64 Å². The van der Waals surface area contributed by atoms with Crippen LogP contribution >= 0.6 is 0 Å². The standard InChI is InChI=1S/C27H34N6O2/c1-20(2)31-7-9-32(10-8-31)23-4-5-24(28-16-23)21-3-6-25-26(15-21)35-19-27-29-22(18-33(25)27)17-30-11-13-34-14-12-30/h3-6,15-16,18,20H,7-14,17,19H2,1-2H3. The molecule has 3 aliphatic heterocycles. The first-order chi connectivity index (χ1) is 17.1. The van der Waals surface area contributed by atoms with E-state index in [0.29, 0.717) is 12.6 Å². The lowest BCUT2D eigenvalue weighted by molar-refractivity contribution is 0.0337. The van der Waals surface area contributed by atoms with Gasteiger partial charge >= 0.3 is 0 Å². The van der Waals surface area contributed by atoms with Crippen LogP contribution in [-0.4, -0.2) is 82.9 Å². The molecule has 184 valence electrons. The monoisotopic (exact) mass is 474 g/mol. The number of aromatic nitrogens is 3. The molecule has 8 nitrogen and oxygen atoms in total. The van der Waals surface area contributed by atoms with Gasteiger partial charge in [0.2, 0.25) is 0 Å². The van der Waals surface area contributed by atoms with Gasteiger partial charge in [-0.05, 0) is 38.1 Å². The minimum absolute atomic E-state index is 0.480. The molecule has 1 aromatic carbocycles. The maximum atomic E-state index is 6.11. The molecule has 5 heterocycles. The summed E-state index contributed by atoms with van der Waals surface area (Å²) in [4.78, 5) is 17.0. The first kappa shape index (κ1) is 22.5. The van der Waals surface area contributed by atoms with Crippen molar-refractivity contribution >= 4 is 5.69 Å². The van der Waals surface area contributed by atoms with Crippen molar-refractivity contribution in [3.8, 4) is 22.7 Å². The molecule has 2 saturated heterocycles. The van der Waals surface area contributed by atoms with E-state index in [-0.39, 0.29) is 0 Å². The number of hydrogen-bond acceptors (Lipinski definition) is 7. The van der Waals surface area contributed by atoms with E-state index in [1.165, 1.54) is 5.69 Å². The van der Waals surface area contributed by atoms with Crippen LogP contribution in [-0.2, 0) is 17.9 Å². The molecule has 0 N–H and O–H groups in total. The fourth-order valence-electron chi connectivity index (χ4n) is 5.22. The second-order valence-electron chi connectivity index (χ2n) is 9.90. The molecule has 2 fully saturated rings. The van der Waals surface area contributed by atoms with Crippen LogP contribution in [0, 0.1) is 0 Å². The zero-order valence-corrected chi connectivity index (χ0v) is 20.7. The number of benzene rings is 1. The molecule has 0 aliphatic carbocycles. The quantitative estimate of drug-likeness (QED) is 0.563. The molecule has 0 radical (unpaired) electrons. The van der Waals surface area contributed by atoms with Crippen LogP contribution in [0.3, 0.4) is 0 Å². The zero-order valence-electron chi connectivity index (χ0n) is 20.7. The molecule has 3 aromatic rings. The number of rotatable bonds is 5. The Hall–Kier alpha value is -2.94. The minimum atomic E-state index is 0.480. The number of anilines is 1. The number of morpholine rings is 1. The summed E-state index contributed by atoms with van der Waals surface area (Å²) in [6.07, 6.45) is 4.16. The van der Waals surface area contributed by atoms with Gasteiger partial charge in [0.25, 0.3) is 0 Å². The van der Waals surface area contributed by atoms with E-state index in [1.54, 1.807) is 0 Å². The maximum Gasteiger partial charge on any atom is 0.151 e. The highest BCUT2D eigenvalue weighted by Crippen LogP contribution is 2.34. The van der Waals surface area contributed by atoms with E-state index in [0.717, 1.165) is 93.2 Å². The summed E-state index contributed by atoms with van der Waals surface area (Å²) in [6.45, 7) is 13.7. The lowest BCUT2D eigenvalue weighted by atomic mass is 10.1. The molecule has 0 spiro atoms. The summed E-state index contributed by atoms with van der Waals surface area (Å²) >= 11 is 0. The van der Waals surface area contributed by atoms with E-state index in [4.69, 9.17) is 19.4 Å². The van der Waals surface area contributed by atoms with Crippen molar-refractivity contribution in [1.29, 1.82) is 0 Å². The summed E-state index contributed by atoms with van der Waals surface area (Å²) in [5.41, 5.74) is 5.34. The third-order valence-electron chi connectivity index (χ3n) is 7.35. The third-order valence-corrected chi connectivity index (χ3v) is 7.35. The maximum absolute atomic E-state index is 6.11. The molecule has 8 heteroatoms. The average Bonchev–Trinajstić information content (AvgIpc) is 3.32. The van der Waals surface area contributed by atoms with Crippen LogP contribution in [0.4, 0.5) is 5.69 Å². The van der Waals surface area contributed by atoms with Gasteiger partial charge in [0.15, 0.2) is 5.82 Å². The van der Waals surface area contributed by atoms with Crippen LogP contribution in [0.15, 0.2) is 42.7 Å². The second-order valence-corrected chi connectivity index (χ2v) is 9.90. The SMILES string of the molecule is CC(C)N1CCN(c2ccc(-c3ccc4c(c3)OCc3nc(CN5CCOCC5)cn3-4)nc2)CC1. The highest BCUT2D eigenvalue weighted by Gasteiger charge is 2.22. The normalized spacial score (nSPS) is 18.9. The first-order valence-corrected chi connectivity index (χ1v) is 12.7. The number of ether oxygens (including phenoxy) is 2. The fourth-order valence-corrected chi connectivity index (χ4v) is 5.22. The van der Waals surface area contributed by atoms with Gasteiger partial charge in [-0.15, -0.1) is 0 Å². The Bertz CT molecular complexity index is 1160. The van der Waals surface area contributed by atoms with Crippen molar-refractivity contribution in [3.63, 3.8) is 0 Å².